The summed E-state index contributed by atoms with van der Waals surface area (Å²) in [7, 11) is 0. The normalized spacial score (nSPS) is 18.0. The Labute approximate surface area is 206 Å². The molecule has 6 nitrogen and oxygen atoms in total. The van der Waals surface area contributed by atoms with Gasteiger partial charge in [0.05, 0.1) is 4.70 Å². The summed E-state index contributed by atoms with van der Waals surface area (Å²) in [5.41, 5.74) is 3.65. The van der Waals surface area contributed by atoms with Gasteiger partial charge < -0.3 is 10.2 Å². The molecule has 0 unspecified atom stereocenters. The van der Waals surface area contributed by atoms with E-state index >= 15 is 0 Å². The molecule has 0 radical (unpaired) electrons. The number of aromatic nitrogens is 1. The molecule has 1 saturated heterocycles. The van der Waals surface area contributed by atoms with Crippen molar-refractivity contribution in [3.8, 4) is 0 Å². The third kappa shape index (κ3) is 4.51. The lowest BCUT2D eigenvalue weighted by atomic mass is 9.86. The minimum absolute atomic E-state index is 0.000312. The van der Waals surface area contributed by atoms with Gasteiger partial charge in [-0.05, 0) is 61.1 Å². The number of nitrogens with one attached hydrogen (secondary N) is 1. The first-order chi connectivity index (χ1) is 16.3. The largest absolute Gasteiger partial charge is 0.353 e. The molecule has 5 rings (SSSR count). The van der Waals surface area contributed by atoms with Gasteiger partial charge in [-0.2, -0.15) is 4.37 Å². The molecule has 0 aliphatic carbocycles. The van der Waals surface area contributed by atoms with E-state index in [-0.39, 0.29) is 17.5 Å². The summed E-state index contributed by atoms with van der Waals surface area (Å²) in [5, 5.41) is 4.32. The Bertz CT molecular complexity index is 1180. The van der Waals surface area contributed by atoms with Crippen LogP contribution >= 0.6 is 11.5 Å². The second-order valence-corrected chi connectivity index (χ2v) is 11.3. The van der Waals surface area contributed by atoms with Gasteiger partial charge in [-0.3, -0.25) is 9.80 Å². The highest BCUT2D eigenvalue weighted by atomic mass is 32.1. The van der Waals surface area contributed by atoms with Gasteiger partial charge in [0.25, 0.3) is 0 Å². The maximum absolute atomic E-state index is 12.7. The minimum Gasteiger partial charge on any atom is -0.353 e. The first-order valence-electron chi connectivity index (χ1n) is 12.3. The fourth-order valence-corrected chi connectivity index (χ4v) is 5.95. The van der Waals surface area contributed by atoms with Gasteiger partial charge in [0.2, 0.25) is 0 Å². The van der Waals surface area contributed by atoms with Crippen molar-refractivity contribution in [3.05, 3.63) is 53.6 Å². The SMILES string of the molecule is CC(C)NC(=O)N1CC(C)(C)c2cc(CCN3CCN(c4nsc5ccccc45)CC3)ccc21. The van der Waals surface area contributed by atoms with E-state index in [4.69, 9.17) is 4.37 Å². The van der Waals surface area contributed by atoms with Crippen LogP contribution in [0.15, 0.2) is 42.5 Å². The Morgan fingerprint density at radius 1 is 1.12 bits per heavy atom. The number of carbonyl (C=O) groups is 1. The Morgan fingerprint density at radius 2 is 1.88 bits per heavy atom. The van der Waals surface area contributed by atoms with Gasteiger partial charge in [-0.15, -0.1) is 0 Å². The zero-order chi connectivity index (χ0) is 23.9. The number of anilines is 2. The van der Waals surface area contributed by atoms with Crippen LogP contribution in [0.1, 0.15) is 38.8 Å². The lowest BCUT2D eigenvalue weighted by Gasteiger charge is -2.35. The van der Waals surface area contributed by atoms with E-state index in [0.29, 0.717) is 0 Å². The molecule has 1 N–H and O–H groups in total. The molecule has 34 heavy (non-hydrogen) atoms. The second-order valence-electron chi connectivity index (χ2n) is 10.5. The zero-order valence-corrected chi connectivity index (χ0v) is 21.5. The molecule has 2 aromatic carbocycles. The van der Waals surface area contributed by atoms with E-state index in [9.17, 15) is 4.79 Å². The molecule has 1 fully saturated rings. The Hall–Kier alpha value is -2.64. The number of benzene rings is 2. The third-order valence-corrected chi connectivity index (χ3v) is 7.86. The highest BCUT2D eigenvalue weighted by Crippen LogP contribution is 2.41. The molecule has 2 amide bonds. The van der Waals surface area contributed by atoms with E-state index in [1.165, 1.54) is 21.2 Å². The number of piperazine rings is 1. The van der Waals surface area contributed by atoms with E-state index in [1.807, 2.05) is 18.7 Å². The number of hydrogen-bond donors (Lipinski definition) is 1. The van der Waals surface area contributed by atoms with Crippen molar-refractivity contribution in [2.75, 3.05) is 49.1 Å². The molecule has 0 saturated carbocycles. The summed E-state index contributed by atoms with van der Waals surface area (Å²) in [6, 6.07) is 15.3. The topological polar surface area (TPSA) is 51.7 Å². The van der Waals surface area contributed by atoms with Crippen LogP contribution in [-0.2, 0) is 11.8 Å². The molecule has 0 bridgehead atoms. The van der Waals surface area contributed by atoms with Gasteiger partial charge in [-0.25, -0.2) is 4.79 Å². The third-order valence-electron chi connectivity index (χ3n) is 7.04. The molecule has 2 aliphatic heterocycles. The fourth-order valence-electron chi connectivity index (χ4n) is 5.16. The maximum atomic E-state index is 12.7. The van der Waals surface area contributed by atoms with E-state index in [2.05, 4.69) is 71.4 Å². The van der Waals surface area contributed by atoms with Crippen LogP contribution in [0.2, 0.25) is 0 Å². The first-order valence-corrected chi connectivity index (χ1v) is 13.1. The predicted octanol–water partition coefficient (Wildman–Crippen LogP) is 4.88. The molecular weight excluding hydrogens is 442 g/mol. The molecule has 0 spiro atoms. The van der Waals surface area contributed by atoms with Crippen LogP contribution in [0.5, 0.6) is 0 Å². The first kappa shape index (κ1) is 23.1. The van der Waals surface area contributed by atoms with Gasteiger partial charge in [0, 0.05) is 61.8 Å². The summed E-state index contributed by atoms with van der Waals surface area (Å²) in [4.78, 5) is 19.6. The van der Waals surface area contributed by atoms with Crippen molar-refractivity contribution >= 4 is 39.2 Å². The Balaban J connectivity index is 1.20. The van der Waals surface area contributed by atoms with Crippen molar-refractivity contribution in [2.24, 2.45) is 0 Å². The Kier molecular flexibility index (Phi) is 6.25. The second kappa shape index (κ2) is 9.19. The summed E-state index contributed by atoms with van der Waals surface area (Å²) in [6.07, 6.45) is 1.03. The molecule has 7 heteroatoms. The zero-order valence-electron chi connectivity index (χ0n) is 20.7. The molecule has 2 aliphatic rings. The van der Waals surface area contributed by atoms with E-state index < -0.39 is 0 Å². The molecule has 3 aromatic rings. The van der Waals surface area contributed by atoms with Crippen LogP contribution in [-0.4, -0.2) is 60.6 Å². The number of rotatable bonds is 5. The van der Waals surface area contributed by atoms with E-state index in [1.54, 1.807) is 11.5 Å². The van der Waals surface area contributed by atoms with Crippen molar-refractivity contribution in [1.29, 1.82) is 0 Å². The van der Waals surface area contributed by atoms with Crippen molar-refractivity contribution in [3.63, 3.8) is 0 Å². The van der Waals surface area contributed by atoms with Gasteiger partial charge in [-0.1, -0.05) is 38.1 Å². The number of carbonyl (C=O) groups excluding carboxylic acids is 1. The van der Waals surface area contributed by atoms with Crippen molar-refractivity contribution < 1.29 is 4.79 Å². The minimum atomic E-state index is -0.0401. The number of amides is 2. The number of urea groups is 1. The molecular formula is C27H35N5OS. The predicted molar refractivity (Wildman–Crippen MR) is 142 cm³/mol. The average molecular weight is 478 g/mol. The van der Waals surface area contributed by atoms with Crippen LogP contribution in [0, 0.1) is 0 Å². The monoisotopic (exact) mass is 477 g/mol. The van der Waals surface area contributed by atoms with E-state index in [0.717, 1.165) is 57.2 Å². The molecule has 1 aromatic heterocycles. The maximum Gasteiger partial charge on any atom is 0.322 e. The molecule has 0 atom stereocenters. The number of nitrogens with zero attached hydrogens (tertiary/aromatic N) is 4. The summed E-state index contributed by atoms with van der Waals surface area (Å²) >= 11 is 1.60. The summed E-state index contributed by atoms with van der Waals surface area (Å²) in [6.45, 7) is 14.4. The lowest BCUT2D eigenvalue weighted by Crippen LogP contribution is -2.47. The lowest BCUT2D eigenvalue weighted by molar-refractivity contribution is 0.243. The van der Waals surface area contributed by atoms with Crippen molar-refractivity contribution in [2.45, 2.75) is 45.6 Å². The van der Waals surface area contributed by atoms with Gasteiger partial charge in [0.1, 0.15) is 5.82 Å². The van der Waals surface area contributed by atoms with Crippen LogP contribution in [0.4, 0.5) is 16.3 Å². The average Bonchev–Trinajstić information content (AvgIpc) is 3.36. The number of fused-ring (bicyclic) bond motifs is 2. The van der Waals surface area contributed by atoms with Gasteiger partial charge >= 0.3 is 6.03 Å². The number of hydrogen-bond acceptors (Lipinski definition) is 5. The standard InChI is InChI=1S/C27H35N5OS/c1-19(2)28-26(33)32-18-27(3,4)22-17-20(9-10-23(22)32)11-12-30-13-15-31(16-14-30)25-21-7-5-6-8-24(21)34-29-25/h5-10,17,19H,11-16,18H2,1-4H3,(H,28,33). The van der Waals surface area contributed by atoms with Gasteiger partial charge in [0.15, 0.2) is 0 Å². The summed E-state index contributed by atoms with van der Waals surface area (Å²) in [5.74, 6) is 1.15. The highest BCUT2D eigenvalue weighted by Gasteiger charge is 2.38. The highest BCUT2D eigenvalue weighted by molar-refractivity contribution is 7.13. The summed E-state index contributed by atoms with van der Waals surface area (Å²) < 4.78 is 6.00. The van der Waals surface area contributed by atoms with Crippen LogP contribution < -0.4 is 15.1 Å². The Morgan fingerprint density at radius 3 is 2.65 bits per heavy atom. The van der Waals surface area contributed by atoms with Crippen LogP contribution in [0.25, 0.3) is 10.1 Å². The molecule has 3 heterocycles. The smallest absolute Gasteiger partial charge is 0.322 e. The quantitative estimate of drug-likeness (QED) is 0.569. The van der Waals surface area contributed by atoms with Crippen LogP contribution in [0.3, 0.4) is 0 Å². The fraction of sp³-hybridized carbons (Fsp3) is 0.481. The molecule has 180 valence electrons. The van der Waals surface area contributed by atoms with Crippen molar-refractivity contribution in [1.82, 2.24) is 14.6 Å².